The van der Waals surface area contributed by atoms with Gasteiger partial charge in [0, 0.05) is 12.6 Å². The third-order valence-electron chi connectivity index (χ3n) is 6.47. The predicted octanol–water partition coefficient (Wildman–Crippen LogP) is 3.86. The zero-order valence-electron chi connectivity index (χ0n) is 21.7. The molecule has 2 amide bonds. The van der Waals surface area contributed by atoms with Crippen LogP contribution in [0.5, 0.6) is 5.75 Å². The molecule has 8 nitrogen and oxygen atoms in total. The lowest BCUT2D eigenvalue weighted by Crippen LogP contribution is -2.53. The topological polar surface area (TPSA) is 96.0 Å². The molecular weight excluding hydrogens is 497 g/mol. The lowest BCUT2D eigenvalue weighted by molar-refractivity contribution is -0.140. The highest BCUT2D eigenvalue weighted by Crippen LogP contribution is 2.30. The van der Waals surface area contributed by atoms with Gasteiger partial charge < -0.3 is 15.0 Å². The van der Waals surface area contributed by atoms with Crippen LogP contribution in [-0.2, 0) is 26.2 Å². The van der Waals surface area contributed by atoms with Gasteiger partial charge in [0.2, 0.25) is 21.8 Å². The van der Waals surface area contributed by atoms with Crippen LogP contribution in [0.4, 0.5) is 10.1 Å². The first-order chi connectivity index (χ1) is 17.6. The molecule has 0 bridgehead atoms. The molecule has 0 saturated heterocycles. The van der Waals surface area contributed by atoms with E-state index in [1.165, 1.54) is 17.0 Å². The number of carbonyl (C=O) groups excluding carboxylic acids is 2. The molecule has 0 radical (unpaired) electrons. The van der Waals surface area contributed by atoms with E-state index in [2.05, 4.69) is 5.32 Å². The molecule has 0 aromatic heterocycles. The van der Waals surface area contributed by atoms with Crippen LogP contribution >= 0.6 is 0 Å². The minimum absolute atomic E-state index is 0.0282. The van der Waals surface area contributed by atoms with Crippen molar-refractivity contribution in [2.24, 2.45) is 0 Å². The monoisotopic (exact) mass is 533 g/mol. The number of anilines is 1. The Bertz CT molecular complexity index is 1170. The summed E-state index contributed by atoms with van der Waals surface area (Å²) in [5.74, 6) is -0.900. The minimum Gasteiger partial charge on any atom is -0.492 e. The maximum Gasteiger partial charge on any atom is 0.244 e. The molecule has 1 N–H and O–H groups in total. The van der Waals surface area contributed by atoms with Crippen LogP contribution in [-0.4, -0.2) is 56.6 Å². The lowest BCUT2D eigenvalue weighted by Gasteiger charge is -2.33. The zero-order valence-corrected chi connectivity index (χ0v) is 22.5. The fourth-order valence-corrected chi connectivity index (χ4v) is 5.46. The van der Waals surface area contributed by atoms with Gasteiger partial charge in [-0.2, -0.15) is 0 Å². The van der Waals surface area contributed by atoms with Crippen molar-refractivity contribution in [1.82, 2.24) is 10.2 Å². The van der Waals surface area contributed by atoms with Crippen LogP contribution in [0.15, 0.2) is 48.5 Å². The summed E-state index contributed by atoms with van der Waals surface area (Å²) >= 11 is 0. The molecule has 1 aliphatic rings. The summed E-state index contributed by atoms with van der Waals surface area (Å²) in [6, 6.07) is 11.5. The molecule has 202 valence electrons. The molecule has 3 rings (SSSR count). The molecule has 1 aliphatic carbocycles. The maximum absolute atomic E-state index is 13.8. The van der Waals surface area contributed by atoms with Crippen LogP contribution in [0.25, 0.3) is 0 Å². The smallest absolute Gasteiger partial charge is 0.244 e. The van der Waals surface area contributed by atoms with Gasteiger partial charge in [-0.3, -0.25) is 13.9 Å². The van der Waals surface area contributed by atoms with E-state index in [1.54, 1.807) is 43.3 Å². The number of para-hydroxylation sites is 2. The molecule has 0 unspecified atom stereocenters. The van der Waals surface area contributed by atoms with Crippen LogP contribution < -0.4 is 14.4 Å². The van der Waals surface area contributed by atoms with Crippen molar-refractivity contribution in [3.05, 3.63) is 59.9 Å². The molecule has 2 aromatic carbocycles. The van der Waals surface area contributed by atoms with Crippen LogP contribution in [0, 0.1) is 5.82 Å². The Morgan fingerprint density at radius 3 is 2.32 bits per heavy atom. The normalized spacial score (nSPS) is 14.7. The van der Waals surface area contributed by atoms with E-state index in [-0.39, 0.29) is 24.2 Å². The Morgan fingerprint density at radius 1 is 1.08 bits per heavy atom. The number of nitrogens with zero attached hydrogens (tertiary/aromatic N) is 2. The molecule has 1 saturated carbocycles. The van der Waals surface area contributed by atoms with Gasteiger partial charge in [-0.25, -0.2) is 12.8 Å². The molecular formula is C27H36FN3O5S. The van der Waals surface area contributed by atoms with Crippen molar-refractivity contribution < 1.29 is 27.1 Å². The van der Waals surface area contributed by atoms with E-state index in [9.17, 15) is 22.4 Å². The summed E-state index contributed by atoms with van der Waals surface area (Å²) < 4.78 is 45.8. The first kappa shape index (κ1) is 28.4. The van der Waals surface area contributed by atoms with Crippen molar-refractivity contribution in [1.29, 1.82) is 0 Å². The Kier molecular flexibility index (Phi) is 9.91. The Labute approximate surface area is 218 Å². The van der Waals surface area contributed by atoms with Crippen molar-refractivity contribution in [2.75, 3.05) is 23.7 Å². The molecule has 0 spiro atoms. The van der Waals surface area contributed by atoms with E-state index in [0.29, 0.717) is 24.3 Å². The molecule has 37 heavy (non-hydrogen) atoms. The molecule has 0 heterocycles. The van der Waals surface area contributed by atoms with Gasteiger partial charge >= 0.3 is 0 Å². The van der Waals surface area contributed by atoms with E-state index in [4.69, 9.17) is 4.74 Å². The molecule has 1 fully saturated rings. The van der Waals surface area contributed by atoms with E-state index >= 15 is 0 Å². The fraction of sp³-hybridized carbons (Fsp3) is 0.481. The summed E-state index contributed by atoms with van der Waals surface area (Å²) in [6.07, 6.45) is 5.23. The summed E-state index contributed by atoms with van der Waals surface area (Å²) in [6.45, 7) is 3.42. The number of benzene rings is 2. The minimum atomic E-state index is -3.88. The van der Waals surface area contributed by atoms with Crippen molar-refractivity contribution >= 4 is 27.5 Å². The second-order valence-corrected chi connectivity index (χ2v) is 11.1. The standard InChI is InChI=1S/C27H36FN3O5S/c1-4-23(27(33)29-22-10-6-7-11-22)30(18-20-14-16-21(28)17-15-20)26(32)19-31(37(3,34)35)24-12-8-9-13-25(24)36-5-2/h8-9,12-17,22-23H,4-7,10-11,18-19H2,1-3H3,(H,29,33)/t23-/m1/s1. The van der Waals surface area contributed by atoms with Gasteiger partial charge in [-0.05, 0) is 56.0 Å². The highest BCUT2D eigenvalue weighted by Gasteiger charge is 2.33. The summed E-state index contributed by atoms with van der Waals surface area (Å²) in [5.41, 5.74) is 0.868. The van der Waals surface area contributed by atoms with Gasteiger partial charge in [0.05, 0.1) is 18.6 Å². The number of ether oxygens (including phenoxy) is 1. The third kappa shape index (κ3) is 7.67. The fourth-order valence-electron chi connectivity index (χ4n) is 4.61. The van der Waals surface area contributed by atoms with Crippen molar-refractivity contribution in [3.63, 3.8) is 0 Å². The number of sulfonamides is 1. The van der Waals surface area contributed by atoms with Crippen molar-refractivity contribution in [3.8, 4) is 5.75 Å². The first-order valence-electron chi connectivity index (χ1n) is 12.7. The van der Waals surface area contributed by atoms with Crippen LogP contribution in [0.2, 0.25) is 0 Å². The number of amides is 2. The average molecular weight is 534 g/mol. The number of hydrogen-bond donors (Lipinski definition) is 1. The maximum atomic E-state index is 13.8. The van der Waals surface area contributed by atoms with Gasteiger partial charge in [0.15, 0.2) is 0 Å². The van der Waals surface area contributed by atoms with Gasteiger partial charge in [0.25, 0.3) is 0 Å². The second kappa shape index (κ2) is 12.9. The summed E-state index contributed by atoms with van der Waals surface area (Å²) in [4.78, 5) is 28.5. The third-order valence-corrected chi connectivity index (χ3v) is 7.59. The Morgan fingerprint density at radius 2 is 1.73 bits per heavy atom. The number of hydrogen-bond acceptors (Lipinski definition) is 5. The first-order valence-corrected chi connectivity index (χ1v) is 14.5. The highest BCUT2D eigenvalue weighted by atomic mass is 32.2. The molecule has 1 atom stereocenters. The number of nitrogens with one attached hydrogen (secondary N) is 1. The summed E-state index contributed by atoms with van der Waals surface area (Å²) in [7, 11) is -3.88. The predicted molar refractivity (Wildman–Crippen MR) is 141 cm³/mol. The molecule has 0 aliphatic heterocycles. The zero-order chi connectivity index (χ0) is 27.0. The van der Waals surface area contributed by atoms with Crippen molar-refractivity contribution in [2.45, 2.75) is 64.6 Å². The summed E-state index contributed by atoms with van der Waals surface area (Å²) in [5, 5.41) is 3.06. The molecule has 10 heteroatoms. The lowest BCUT2D eigenvalue weighted by atomic mass is 10.1. The Balaban J connectivity index is 1.94. The SMILES string of the molecule is CCOc1ccccc1N(CC(=O)N(Cc1ccc(F)cc1)[C@H](CC)C(=O)NC1CCCC1)S(C)(=O)=O. The van der Waals surface area contributed by atoms with Gasteiger partial charge in [-0.1, -0.05) is 44.0 Å². The average Bonchev–Trinajstić information content (AvgIpc) is 3.36. The second-order valence-electron chi connectivity index (χ2n) is 9.23. The number of halogens is 1. The highest BCUT2D eigenvalue weighted by molar-refractivity contribution is 7.92. The molecule has 2 aromatic rings. The number of rotatable bonds is 12. The van der Waals surface area contributed by atoms with Crippen LogP contribution in [0.1, 0.15) is 51.5 Å². The van der Waals surface area contributed by atoms with Crippen LogP contribution in [0.3, 0.4) is 0 Å². The largest absolute Gasteiger partial charge is 0.492 e. The Hall–Kier alpha value is -3.14. The number of carbonyl (C=O) groups is 2. The quantitative estimate of drug-likeness (QED) is 0.447. The van der Waals surface area contributed by atoms with E-state index in [0.717, 1.165) is 36.2 Å². The van der Waals surface area contributed by atoms with E-state index < -0.39 is 34.3 Å². The van der Waals surface area contributed by atoms with E-state index in [1.807, 2.05) is 6.92 Å². The van der Waals surface area contributed by atoms with Gasteiger partial charge in [0.1, 0.15) is 24.2 Å². The van der Waals surface area contributed by atoms with Gasteiger partial charge in [-0.15, -0.1) is 0 Å².